The minimum atomic E-state index is -4.71. The number of hydrogen-bond acceptors (Lipinski definition) is 2. The molecule has 0 aliphatic rings. The Hall–Kier alpha value is -1.95. The highest BCUT2D eigenvalue weighted by Gasteiger charge is 2.34. The summed E-state index contributed by atoms with van der Waals surface area (Å²) in [7, 11) is 0. The summed E-state index contributed by atoms with van der Waals surface area (Å²) >= 11 is 0. The molecule has 1 aromatic carbocycles. The first-order valence-corrected chi connectivity index (χ1v) is 6.26. The summed E-state index contributed by atoms with van der Waals surface area (Å²) in [6.45, 7) is 3.57. The molecule has 21 heavy (non-hydrogen) atoms. The van der Waals surface area contributed by atoms with Gasteiger partial charge in [0.1, 0.15) is 5.82 Å². The second-order valence-electron chi connectivity index (χ2n) is 4.84. The second-order valence-corrected chi connectivity index (χ2v) is 4.84. The number of rotatable bonds is 2. The third-order valence-electron chi connectivity index (χ3n) is 3.26. The number of nitrogens with zero attached hydrogens (tertiary/aromatic N) is 1. The number of halogens is 4. The van der Waals surface area contributed by atoms with Crippen LogP contribution in [0.1, 0.15) is 34.1 Å². The molecule has 0 saturated heterocycles. The first-order valence-electron chi connectivity index (χ1n) is 6.26. The lowest BCUT2D eigenvalue weighted by Gasteiger charge is -2.16. The molecule has 0 saturated carbocycles. The van der Waals surface area contributed by atoms with Gasteiger partial charge in [-0.15, -0.1) is 0 Å². The Bertz CT molecular complexity index is 665. The molecule has 0 amide bonds. The Kier molecular flexibility index (Phi) is 4.00. The van der Waals surface area contributed by atoms with Crippen LogP contribution in [0.5, 0.6) is 0 Å². The van der Waals surface area contributed by atoms with Crippen LogP contribution in [0.25, 0.3) is 0 Å². The van der Waals surface area contributed by atoms with E-state index >= 15 is 0 Å². The van der Waals surface area contributed by atoms with Crippen molar-refractivity contribution in [1.82, 2.24) is 4.98 Å². The van der Waals surface area contributed by atoms with Gasteiger partial charge < -0.3 is 5.73 Å². The topological polar surface area (TPSA) is 38.9 Å². The molecule has 0 radical (unpaired) electrons. The molecular weight excluding hydrogens is 284 g/mol. The van der Waals surface area contributed by atoms with Gasteiger partial charge in [-0.2, -0.15) is 13.2 Å². The molecule has 2 rings (SSSR count). The van der Waals surface area contributed by atoms with Crippen molar-refractivity contribution in [3.05, 3.63) is 64.2 Å². The van der Waals surface area contributed by atoms with Crippen molar-refractivity contribution in [2.24, 2.45) is 5.73 Å². The molecule has 0 aliphatic heterocycles. The average molecular weight is 298 g/mol. The fourth-order valence-electron chi connectivity index (χ4n) is 2.16. The molecule has 112 valence electrons. The predicted octanol–water partition coefficient (Wildman–Crippen LogP) is 3.90. The van der Waals surface area contributed by atoms with Crippen LogP contribution in [0.2, 0.25) is 0 Å². The maximum Gasteiger partial charge on any atom is 0.419 e. The molecule has 1 heterocycles. The van der Waals surface area contributed by atoms with Gasteiger partial charge in [0, 0.05) is 11.4 Å². The molecule has 1 atom stereocenters. The predicted molar refractivity (Wildman–Crippen MR) is 71.1 cm³/mol. The largest absolute Gasteiger partial charge is 0.419 e. The van der Waals surface area contributed by atoms with Gasteiger partial charge in [0.25, 0.3) is 0 Å². The van der Waals surface area contributed by atoms with Crippen LogP contribution >= 0.6 is 0 Å². The van der Waals surface area contributed by atoms with Gasteiger partial charge in [-0.3, -0.25) is 4.98 Å². The molecule has 0 fully saturated rings. The Balaban J connectivity index is 2.40. The van der Waals surface area contributed by atoms with Gasteiger partial charge in [-0.25, -0.2) is 4.39 Å². The van der Waals surface area contributed by atoms with Crippen LogP contribution < -0.4 is 5.73 Å². The molecule has 0 bridgehead atoms. The molecule has 1 aromatic heterocycles. The smallest absolute Gasteiger partial charge is 0.320 e. The third kappa shape index (κ3) is 3.21. The second kappa shape index (κ2) is 5.44. The number of aryl methyl sites for hydroxylation is 2. The summed E-state index contributed by atoms with van der Waals surface area (Å²) < 4.78 is 51.2. The van der Waals surface area contributed by atoms with Crippen LogP contribution in [0.3, 0.4) is 0 Å². The normalized spacial score (nSPS) is 13.3. The molecule has 0 spiro atoms. The lowest BCUT2D eigenvalue weighted by molar-refractivity contribution is -0.140. The van der Waals surface area contributed by atoms with E-state index < -0.39 is 23.6 Å². The minimum absolute atomic E-state index is 0.272. The van der Waals surface area contributed by atoms with E-state index in [0.29, 0.717) is 17.3 Å². The molecule has 6 heteroatoms. The summed E-state index contributed by atoms with van der Waals surface area (Å²) in [5.41, 5.74) is 7.11. The van der Waals surface area contributed by atoms with Crippen molar-refractivity contribution < 1.29 is 17.6 Å². The molecule has 2 N–H and O–H groups in total. The summed E-state index contributed by atoms with van der Waals surface area (Å²) in [6, 6.07) is 5.50. The van der Waals surface area contributed by atoms with Crippen molar-refractivity contribution >= 4 is 0 Å². The van der Waals surface area contributed by atoms with Gasteiger partial charge in [-0.05, 0) is 43.2 Å². The third-order valence-corrected chi connectivity index (χ3v) is 3.26. The summed E-state index contributed by atoms with van der Waals surface area (Å²) in [5, 5.41) is 0. The van der Waals surface area contributed by atoms with Gasteiger partial charge in [-0.1, -0.05) is 12.1 Å². The molecule has 0 aliphatic carbocycles. The zero-order valence-corrected chi connectivity index (χ0v) is 11.5. The van der Waals surface area contributed by atoms with Crippen molar-refractivity contribution in [2.75, 3.05) is 0 Å². The highest BCUT2D eigenvalue weighted by molar-refractivity contribution is 5.36. The summed E-state index contributed by atoms with van der Waals surface area (Å²) in [5.74, 6) is -1.33. The maximum absolute atomic E-state index is 13.6. The van der Waals surface area contributed by atoms with Crippen molar-refractivity contribution in [3.63, 3.8) is 0 Å². The molecule has 2 nitrogen and oxygen atoms in total. The summed E-state index contributed by atoms with van der Waals surface area (Å²) in [4.78, 5) is 4.25. The van der Waals surface area contributed by atoms with Crippen LogP contribution in [0.15, 0.2) is 30.3 Å². The number of hydrogen-bond donors (Lipinski definition) is 1. The van der Waals surface area contributed by atoms with Crippen molar-refractivity contribution in [3.8, 4) is 0 Å². The Labute approximate surface area is 119 Å². The fraction of sp³-hybridized carbons (Fsp3) is 0.267. The highest BCUT2D eigenvalue weighted by Crippen LogP contribution is 2.33. The SMILES string of the molecule is Cc1ccc(C(N)c2ccc(C(F)(F)F)c(F)c2)c(C)n1. The Morgan fingerprint density at radius 2 is 1.76 bits per heavy atom. The zero-order chi connectivity index (χ0) is 15.8. The van der Waals surface area contributed by atoms with E-state index in [2.05, 4.69) is 4.98 Å². The summed E-state index contributed by atoms with van der Waals surface area (Å²) in [6.07, 6.45) is -4.71. The highest BCUT2D eigenvalue weighted by atomic mass is 19.4. The van der Waals surface area contributed by atoms with Gasteiger partial charge >= 0.3 is 6.18 Å². The van der Waals surface area contributed by atoms with Crippen molar-refractivity contribution in [2.45, 2.75) is 26.1 Å². The van der Waals surface area contributed by atoms with E-state index in [4.69, 9.17) is 5.73 Å². The van der Waals surface area contributed by atoms with Crippen molar-refractivity contribution in [1.29, 1.82) is 0 Å². The molecule has 1 unspecified atom stereocenters. The first-order chi connectivity index (χ1) is 9.70. The fourth-order valence-corrected chi connectivity index (χ4v) is 2.16. The van der Waals surface area contributed by atoms with Crippen LogP contribution in [-0.2, 0) is 6.18 Å². The number of alkyl halides is 3. The zero-order valence-electron chi connectivity index (χ0n) is 11.5. The number of pyridine rings is 1. The maximum atomic E-state index is 13.6. The van der Waals surface area contributed by atoms with E-state index in [9.17, 15) is 17.6 Å². The van der Waals surface area contributed by atoms with Crippen LogP contribution in [0, 0.1) is 19.7 Å². The minimum Gasteiger partial charge on any atom is -0.320 e. The van der Waals surface area contributed by atoms with E-state index in [1.54, 1.807) is 19.1 Å². The number of benzene rings is 1. The van der Waals surface area contributed by atoms with Gasteiger partial charge in [0.15, 0.2) is 0 Å². The Morgan fingerprint density at radius 1 is 1.10 bits per heavy atom. The molecule has 2 aromatic rings. The van der Waals surface area contributed by atoms with Gasteiger partial charge in [0.05, 0.1) is 11.6 Å². The van der Waals surface area contributed by atoms with E-state index in [1.165, 1.54) is 6.07 Å². The lowest BCUT2D eigenvalue weighted by atomic mass is 9.97. The number of nitrogens with two attached hydrogens (primary N) is 1. The van der Waals surface area contributed by atoms with E-state index in [1.807, 2.05) is 6.92 Å². The number of aromatic nitrogens is 1. The quantitative estimate of drug-likeness (QED) is 0.854. The monoisotopic (exact) mass is 298 g/mol. The lowest BCUT2D eigenvalue weighted by Crippen LogP contribution is -2.16. The van der Waals surface area contributed by atoms with Crippen LogP contribution in [-0.4, -0.2) is 4.98 Å². The first kappa shape index (κ1) is 15.4. The van der Waals surface area contributed by atoms with Crippen LogP contribution in [0.4, 0.5) is 17.6 Å². The average Bonchev–Trinajstić information content (AvgIpc) is 2.36. The van der Waals surface area contributed by atoms with E-state index in [-0.39, 0.29) is 5.56 Å². The van der Waals surface area contributed by atoms with Gasteiger partial charge in [0.2, 0.25) is 0 Å². The Morgan fingerprint density at radius 3 is 2.29 bits per heavy atom. The molecular formula is C15H14F4N2. The standard InChI is InChI=1S/C15H14F4N2/c1-8-3-5-11(9(2)21-8)14(20)10-4-6-12(13(16)7-10)15(17,18)19/h3-7,14H,20H2,1-2H3. The van der Waals surface area contributed by atoms with E-state index in [0.717, 1.165) is 11.8 Å².